The molecule has 1 heterocycles. The van der Waals surface area contributed by atoms with E-state index in [1.165, 1.54) is 100 Å². The van der Waals surface area contributed by atoms with E-state index in [0.29, 0.717) is 70.2 Å². The number of alkyl halides is 9. The van der Waals surface area contributed by atoms with Gasteiger partial charge in [-0.2, -0.15) is 31.6 Å². The van der Waals surface area contributed by atoms with Crippen LogP contribution in [0.25, 0.3) is 4.85 Å². The molecule has 132 heavy (non-hydrogen) atoms. The van der Waals surface area contributed by atoms with Gasteiger partial charge in [-0.3, -0.25) is 0 Å². The van der Waals surface area contributed by atoms with Crippen molar-refractivity contribution in [2.75, 3.05) is 13.3 Å². The Kier molecular flexibility index (Phi) is 47.2. The molecule has 0 atom stereocenters. The van der Waals surface area contributed by atoms with Crippen LogP contribution in [0.4, 0.5) is 45.2 Å². The number of nitrogens with zero attached hydrogens (tertiary/aromatic N) is 2. The van der Waals surface area contributed by atoms with Gasteiger partial charge in [0.15, 0.2) is 5.69 Å². The van der Waals surface area contributed by atoms with Crippen LogP contribution in [0.5, 0.6) is 17.2 Å². The van der Waals surface area contributed by atoms with Gasteiger partial charge in [0.25, 0.3) is 0 Å². The number of halogens is 9. The Bertz CT molecular complexity index is 5300. The van der Waals surface area contributed by atoms with Gasteiger partial charge < -0.3 is 18.6 Å². The number of hydrogen-bond donors (Lipinski definition) is 0. The molecular formula is C114H146BF9N2O4P2. The summed E-state index contributed by atoms with van der Waals surface area (Å²) >= 11 is 0. The Morgan fingerprint density at radius 1 is 0.371 bits per heavy atom. The summed E-state index contributed by atoms with van der Waals surface area (Å²) in [6, 6.07) is 78.2. The molecule has 1 aliphatic rings. The molecule has 12 rings (SSSR count). The summed E-state index contributed by atoms with van der Waals surface area (Å²) in [5, 5.41) is 10.6. The molecule has 0 unspecified atom stereocenters. The average Bonchev–Trinajstić information content (AvgIpc) is 0.769. The quantitative estimate of drug-likeness (QED) is 0.0469. The normalized spacial score (nSPS) is 11.6. The Morgan fingerprint density at radius 3 is 1.03 bits per heavy atom. The zero-order valence-corrected chi connectivity index (χ0v) is 86.1. The van der Waals surface area contributed by atoms with Crippen molar-refractivity contribution in [1.82, 2.24) is 0 Å². The van der Waals surface area contributed by atoms with Crippen molar-refractivity contribution in [3.05, 3.63) is 354 Å². The first-order chi connectivity index (χ1) is 61.2. The third kappa shape index (κ3) is 38.8. The fraction of sp³-hybridized carbons (Fsp3) is 0.404. The van der Waals surface area contributed by atoms with Crippen LogP contribution >= 0.6 is 14.3 Å². The molecule has 0 spiro atoms. The first kappa shape index (κ1) is 116. The summed E-state index contributed by atoms with van der Waals surface area (Å²) in [6.07, 6.45) is -13.1. The maximum absolute atomic E-state index is 13.3. The molecule has 18 heteroatoms. The lowest BCUT2D eigenvalue weighted by atomic mass is 9.33. The van der Waals surface area contributed by atoms with Crippen molar-refractivity contribution >= 4 is 48.2 Å². The predicted molar refractivity (Wildman–Crippen MR) is 546 cm³/mol. The third-order valence-electron chi connectivity index (χ3n) is 22.3. The highest BCUT2D eigenvalue weighted by Gasteiger charge is 2.37. The molecule has 0 aliphatic carbocycles. The fourth-order valence-corrected chi connectivity index (χ4v) is 17.2. The summed E-state index contributed by atoms with van der Waals surface area (Å²) in [6.45, 7) is 71.9. The highest BCUT2D eigenvalue weighted by Crippen LogP contribution is 2.48. The lowest BCUT2D eigenvalue weighted by Gasteiger charge is -2.28. The zero-order valence-electron chi connectivity index (χ0n) is 84.3. The van der Waals surface area contributed by atoms with Crippen molar-refractivity contribution in [1.29, 1.82) is 5.26 Å². The van der Waals surface area contributed by atoms with Gasteiger partial charge in [-0.1, -0.05) is 380 Å². The van der Waals surface area contributed by atoms with Crippen molar-refractivity contribution in [2.45, 2.75) is 291 Å². The van der Waals surface area contributed by atoms with Crippen molar-refractivity contribution in [2.24, 2.45) is 0 Å². The summed E-state index contributed by atoms with van der Waals surface area (Å²) in [7, 11) is -4.23. The molecule has 712 valence electrons. The van der Waals surface area contributed by atoms with Crippen LogP contribution in [0.3, 0.4) is 0 Å². The second kappa shape index (κ2) is 53.7. The van der Waals surface area contributed by atoms with E-state index in [4.69, 9.17) is 16.6 Å². The van der Waals surface area contributed by atoms with Crippen LogP contribution in [0, 0.1) is 73.3 Å². The van der Waals surface area contributed by atoms with Crippen LogP contribution < -0.4 is 31.0 Å². The number of hydrogen-bond acceptors (Lipinski definition) is 5. The number of nitriles is 1. The predicted octanol–water partition coefficient (Wildman–Crippen LogP) is 34.9. The topological polar surface area (TPSA) is 80.8 Å². The van der Waals surface area contributed by atoms with Gasteiger partial charge in [0, 0.05) is 27.5 Å². The molecule has 0 amide bonds. The summed E-state index contributed by atoms with van der Waals surface area (Å²) in [5.41, 5.74) is 19.8. The van der Waals surface area contributed by atoms with E-state index in [9.17, 15) is 48.6 Å². The molecule has 1 aliphatic heterocycles. The molecule has 0 saturated heterocycles. The van der Waals surface area contributed by atoms with Crippen LogP contribution in [-0.4, -0.2) is 37.7 Å². The second-order valence-electron chi connectivity index (χ2n) is 37.8. The van der Waals surface area contributed by atoms with Crippen molar-refractivity contribution in [3.63, 3.8) is 0 Å². The molecule has 0 radical (unpaired) electrons. The minimum Gasteiger partial charge on any atom is -0.458 e. The van der Waals surface area contributed by atoms with E-state index in [1.54, 1.807) is 31.2 Å². The lowest BCUT2D eigenvalue weighted by Crippen LogP contribution is -2.48. The Labute approximate surface area is 788 Å². The highest BCUT2D eigenvalue weighted by atomic mass is 31.2. The fourth-order valence-electron chi connectivity index (χ4n) is 14.4. The molecule has 11 aromatic rings. The van der Waals surface area contributed by atoms with E-state index in [-0.39, 0.29) is 34.7 Å². The van der Waals surface area contributed by atoms with E-state index in [1.807, 2.05) is 187 Å². The summed E-state index contributed by atoms with van der Waals surface area (Å²) < 4.78 is 145. The molecule has 11 aromatic carbocycles. The number of benzene rings is 11. The number of aryl methyl sites for hydroxylation is 8. The van der Waals surface area contributed by atoms with Gasteiger partial charge in [-0.25, -0.2) is 4.85 Å². The standard InChI is InChI=1S/C15H15BO.C15H17OP.C12H15F3.C12H18.C11H13F3O.C11H13F3.C11H10N2.2C11H16.C5H13OP/c1-11(2)16-12-7-3-5-9-14(12)17-15-10-6-4-8-13(15)16;1-13(2)17(16,14-9-5-3-6-10-14)15-11-7-4-8-12-15;1-7(2)10-5-8(3)11(9(4)6-10)12(13,14)15;1-9(2)11-7-5-6-8-12(11)10(3)4;1-7(2)9-4-8(3)5-10(6-9)15-11(12,13)14;1-7(2)9-5-4-8(3)10(6-9)11(12,13)14;1-8(2)10-4-9(7-12)5-11(6-10)13-3;2*1-8(2)11-6-9(3)5-10(4)7-11;1-5(2)7(3,4)6/h3-11H,1-2H3;3-13H,1-2H3;5-7H,1-4H3;5-10H,1-4H3;4-7H,1-3H3;4-7H,1-3H3;4-6,8H,1-2H3;2*5-8H,1-4H3;5H,1-4H3. The van der Waals surface area contributed by atoms with Crippen LogP contribution in [0.15, 0.2) is 237 Å². The monoisotopic (exact) mass is 1850 g/mol. The van der Waals surface area contributed by atoms with Gasteiger partial charge in [0.1, 0.15) is 24.4 Å². The van der Waals surface area contributed by atoms with E-state index in [2.05, 4.69) is 210 Å². The smallest absolute Gasteiger partial charge is 0.458 e. The largest absolute Gasteiger partial charge is 0.573 e. The highest BCUT2D eigenvalue weighted by molar-refractivity contribution is 7.79. The van der Waals surface area contributed by atoms with Gasteiger partial charge >= 0.3 is 18.7 Å². The van der Waals surface area contributed by atoms with E-state index >= 15 is 0 Å². The molecule has 0 bridgehead atoms. The van der Waals surface area contributed by atoms with Gasteiger partial charge in [0.2, 0.25) is 6.71 Å². The van der Waals surface area contributed by atoms with Crippen LogP contribution in [0.2, 0.25) is 5.82 Å². The molecule has 6 nitrogen and oxygen atoms in total. The first-order valence-corrected chi connectivity index (χ1v) is 50.2. The maximum Gasteiger partial charge on any atom is 0.573 e. The molecule has 0 saturated carbocycles. The lowest BCUT2D eigenvalue weighted by molar-refractivity contribution is -0.274. The van der Waals surface area contributed by atoms with Gasteiger partial charge in [0.05, 0.1) is 30.9 Å². The van der Waals surface area contributed by atoms with Gasteiger partial charge in [-0.15, -0.1) is 13.2 Å². The Hall–Kier alpha value is -10.1. The number of ether oxygens (including phenoxy) is 2. The van der Waals surface area contributed by atoms with E-state index in [0.717, 1.165) is 49.9 Å². The minimum atomic E-state index is -4.62. The molecule has 0 N–H and O–H groups in total. The maximum atomic E-state index is 13.3. The summed E-state index contributed by atoms with van der Waals surface area (Å²) in [4.78, 5) is 3.32. The van der Waals surface area contributed by atoms with Crippen LogP contribution in [-0.2, 0) is 21.5 Å². The van der Waals surface area contributed by atoms with E-state index < -0.39 is 44.1 Å². The first-order valence-electron chi connectivity index (χ1n) is 45.7. The van der Waals surface area contributed by atoms with Crippen molar-refractivity contribution in [3.8, 4) is 23.3 Å². The second-order valence-corrected chi connectivity index (χ2v) is 45.1. The zero-order chi connectivity index (χ0) is 100. The van der Waals surface area contributed by atoms with Gasteiger partial charge in [-0.05, 0) is 231 Å². The Balaban J connectivity index is 0.000000381. The van der Waals surface area contributed by atoms with Crippen LogP contribution in [0.1, 0.15) is 305 Å². The minimum absolute atomic E-state index is 0.118. The third-order valence-corrected chi connectivity index (χ3v) is 28.4. The average molecular weight is 1850 g/mol. The Morgan fingerprint density at radius 2 is 0.712 bits per heavy atom. The molecular weight excluding hydrogens is 1710 g/mol. The van der Waals surface area contributed by atoms with Crippen molar-refractivity contribution < 1.29 is 58.1 Å². The SMILES string of the molecule is CC(C)B1c2ccccc2Oc2ccccc21.CC(C)P(=O)(c1ccccc1)c1ccccc1.CC(C)P(C)(C)=O.CC(C)c1ccccc1C(C)C.Cc1cc(C(C)C)cc(C)c1C(F)(F)F.Cc1cc(C)cc(C(C)C)c1.Cc1cc(C)cc(C(C)C)c1.Cc1cc(OC(F)(F)F)cc(C(C)C)c1.Cc1ccc(C(C)C)cc1C(F)(F)F.[C-]#[N+]c1cc(C#N)cc(C(C)C)c1. The number of fused-ring (bicyclic) bond motifs is 2. The molecule has 0 fully saturated rings. The molecule has 0 aromatic heterocycles. The number of rotatable bonds is 14. The number of para-hydroxylation sites is 2. The summed E-state index contributed by atoms with van der Waals surface area (Å²) in [5.74, 6) is 5.92.